The van der Waals surface area contributed by atoms with Crippen molar-refractivity contribution in [3.8, 4) is 0 Å². The second-order valence-corrected chi connectivity index (χ2v) is 8.74. The standard InChI is InChI=1S/C21H30N2O2.2ClH/c24-16-10-20(15-4-2-1-3-5-15)25-21(11-16)6-8-23(9-7-21)14-19-17-12-22-13-18(17)19;;/h1-5,16-20,22,24H,6-14H2;2*1H/t16-,17-,18+,19?,20-;;/m1../s1. The van der Waals surface area contributed by atoms with E-state index in [9.17, 15) is 5.11 Å². The van der Waals surface area contributed by atoms with Crippen molar-refractivity contribution in [2.24, 2.45) is 17.8 Å². The molecule has 152 valence electrons. The maximum Gasteiger partial charge on any atom is 0.0857 e. The molecule has 3 aliphatic heterocycles. The lowest BCUT2D eigenvalue weighted by Crippen LogP contribution is -2.51. The lowest BCUT2D eigenvalue weighted by molar-refractivity contribution is -0.184. The Hall–Kier alpha value is -0.360. The van der Waals surface area contributed by atoms with Gasteiger partial charge in [-0.2, -0.15) is 0 Å². The Bertz CT molecular complexity index is 599. The molecule has 4 aliphatic rings. The van der Waals surface area contributed by atoms with Crippen molar-refractivity contribution in [1.29, 1.82) is 0 Å². The summed E-state index contributed by atoms with van der Waals surface area (Å²) >= 11 is 0. The number of fused-ring (bicyclic) bond motifs is 1. The molecule has 6 heteroatoms. The number of nitrogens with one attached hydrogen (secondary N) is 1. The molecule has 0 aromatic heterocycles. The molecule has 4 nitrogen and oxygen atoms in total. The van der Waals surface area contributed by atoms with Crippen LogP contribution in [0.2, 0.25) is 0 Å². The van der Waals surface area contributed by atoms with Crippen LogP contribution in [0, 0.1) is 17.8 Å². The molecule has 5 rings (SSSR count). The van der Waals surface area contributed by atoms with Gasteiger partial charge >= 0.3 is 0 Å². The summed E-state index contributed by atoms with van der Waals surface area (Å²) in [6.45, 7) is 6.00. The highest BCUT2D eigenvalue weighted by Gasteiger charge is 2.53. The van der Waals surface area contributed by atoms with Crippen molar-refractivity contribution in [3.63, 3.8) is 0 Å². The molecule has 3 saturated heterocycles. The van der Waals surface area contributed by atoms with Gasteiger partial charge in [0.05, 0.1) is 17.8 Å². The van der Waals surface area contributed by atoms with Crippen molar-refractivity contribution >= 4 is 24.8 Å². The summed E-state index contributed by atoms with van der Waals surface area (Å²) in [7, 11) is 0. The van der Waals surface area contributed by atoms with E-state index in [0.29, 0.717) is 0 Å². The van der Waals surface area contributed by atoms with Gasteiger partial charge in [0, 0.05) is 32.5 Å². The Morgan fingerprint density at radius 2 is 1.74 bits per heavy atom. The van der Waals surface area contributed by atoms with Gasteiger partial charge in [-0.05, 0) is 49.2 Å². The van der Waals surface area contributed by atoms with E-state index in [-0.39, 0.29) is 42.6 Å². The van der Waals surface area contributed by atoms with E-state index < -0.39 is 0 Å². The second kappa shape index (κ2) is 8.56. The minimum atomic E-state index is -0.237. The van der Waals surface area contributed by atoms with Crippen molar-refractivity contribution in [3.05, 3.63) is 35.9 Å². The molecule has 4 fully saturated rings. The van der Waals surface area contributed by atoms with E-state index >= 15 is 0 Å². The third-order valence-corrected chi connectivity index (χ3v) is 7.16. The maximum absolute atomic E-state index is 10.5. The summed E-state index contributed by atoms with van der Waals surface area (Å²) in [5, 5.41) is 14.0. The van der Waals surface area contributed by atoms with Gasteiger partial charge in [0.15, 0.2) is 0 Å². The van der Waals surface area contributed by atoms with Crippen molar-refractivity contribution in [1.82, 2.24) is 10.2 Å². The predicted octanol–water partition coefficient (Wildman–Crippen LogP) is 3.04. The van der Waals surface area contributed by atoms with E-state index in [4.69, 9.17) is 4.74 Å². The van der Waals surface area contributed by atoms with Crippen LogP contribution in [0.25, 0.3) is 0 Å². The van der Waals surface area contributed by atoms with E-state index in [0.717, 1.165) is 56.5 Å². The lowest BCUT2D eigenvalue weighted by atomic mass is 9.81. The van der Waals surface area contributed by atoms with Crippen LogP contribution in [0.1, 0.15) is 37.4 Å². The van der Waals surface area contributed by atoms with Crippen LogP contribution < -0.4 is 5.32 Å². The summed E-state index contributed by atoms with van der Waals surface area (Å²) in [5.41, 5.74) is 1.09. The third kappa shape index (κ3) is 4.31. The summed E-state index contributed by atoms with van der Waals surface area (Å²) in [6.07, 6.45) is 3.47. The van der Waals surface area contributed by atoms with Crippen LogP contribution in [0.4, 0.5) is 0 Å². The fourth-order valence-corrected chi connectivity index (χ4v) is 5.61. The average molecular weight is 415 g/mol. The third-order valence-electron chi connectivity index (χ3n) is 7.16. The van der Waals surface area contributed by atoms with Crippen LogP contribution in [-0.4, -0.2) is 54.4 Å². The van der Waals surface area contributed by atoms with E-state index in [2.05, 4.69) is 34.5 Å². The molecule has 1 saturated carbocycles. The Morgan fingerprint density at radius 1 is 1.07 bits per heavy atom. The summed E-state index contributed by atoms with van der Waals surface area (Å²) in [5.74, 6) is 2.84. The molecule has 2 N–H and O–H groups in total. The summed E-state index contributed by atoms with van der Waals surface area (Å²) in [6, 6.07) is 10.4. The Morgan fingerprint density at radius 3 is 2.41 bits per heavy atom. The fraction of sp³-hybridized carbons (Fsp3) is 0.714. The highest BCUT2D eigenvalue weighted by Crippen LogP contribution is 2.50. The molecule has 0 amide bonds. The van der Waals surface area contributed by atoms with Crippen LogP contribution in [0.5, 0.6) is 0 Å². The van der Waals surface area contributed by atoms with Crippen LogP contribution in [-0.2, 0) is 4.74 Å². The van der Waals surface area contributed by atoms with Gasteiger partial charge < -0.3 is 20.1 Å². The maximum atomic E-state index is 10.5. The van der Waals surface area contributed by atoms with Gasteiger partial charge in [-0.1, -0.05) is 30.3 Å². The molecule has 1 aromatic carbocycles. The number of hydrogen-bond acceptors (Lipinski definition) is 4. The SMILES string of the molecule is Cl.Cl.O[C@@H]1C[C@H](c2ccccc2)OC2(CCN(CC3[C@H]4CNC[C@@H]34)CC2)C1. The number of hydrogen-bond donors (Lipinski definition) is 2. The number of aliphatic hydroxyl groups excluding tert-OH is 1. The smallest absolute Gasteiger partial charge is 0.0857 e. The van der Waals surface area contributed by atoms with Crippen molar-refractivity contribution in [2.75, 3.05) is 32.7 Å². The molecule has 1 spiro atoms. The Labute approximate surface area is 174 Å². The molecule has 3 heterocycles. The molecule has 27 heavy (non-hydrogen) atoms. The molecule has 1 unspecified atom stereocenters. The van der Waals surface area contributed by atoms with Gasteiger partial charge in [-0.3, -0.25) is 0 Å². The van der Waals surface area contributed by atoms with Gasteiger partial charge in [-0.15, -0.1) is 24.8 Å². The quantitative estimate of drug-likeness (QED) is 0.797. The molecule has 0 radical (unpaired) electrons. The van der Waals surface area contributed by atoms with Gasteiger partial charge in [0.25, 0.3) is 0 Å². The highest BCUT2D eigenvalue weighted by molar-refractivity contribution is 5.85. The number of benzene rings is 1. The van der Waals surface area contributed by atoms with Gasteiger partial charge in [0.1, 0.15) is 0 Å². The van der Waals surface area contributed by atoms with E-state index in [1.165, 1.54) is 25.2 Å². The molecular weight excluding hydrogens is 383 g/mol. The topological polar surface area (TPSA) is 44.7 Å². The first-order chi connectivity index (χ1) is 12.2. The van der Waals surface area contributed by atoms with E-state index in [1.54, 1.807) is 0 Å². The first-order valence-corrected chi connectivity index (χ1v) is 10.1. The fourth-order valence-electron chi connectivity index (χ4n) is 5.61. The largest absolute Gasteiger partial charge is 0.393 e. The van der Waals surface area contributed by atoms with Gasteiger partial charge in [-0.25, -0.2) is 0 Å². The molecular formula is C21H32Cl2N2O2. The van der Waals surface area contributed by atoms with Crippen LogP contribution in [0.15, 0.2) is 30.3 Å². The first kappa shape index (κ1) is 21.4. The normalized spacial score (nSPS) is 37.1. The molecule has 0 bridgehead atoms. The first-order valence-electron chi connectivity index (χ1n) is 10.1. The zero-order valence-electron chi connectivity index (χ0n) is 15.8. The van der Waals surface area contributed by atoms with Crippen molar-refractivity contribution < 1.29 is 9.84 Å². The minimum Gasteiger partial charge on any atom is -0.393 e. The lowest BCUT2D eigenvalue weighted by Gasteiger charge is -2.48. The van der Waals surface area contributed by atoms with Crippen molar-refractivity contribution in [2.45, 2.75) is 43.5 Å². The number of ether oxygens (including phenoxy) is 1. The number of halogens is 2. The summed E-state index contributed by atoms with van der Waals surface area (Å²) in [4.78, 5) is 2.65. The van der Waals surface area contributed by atoms with Crippen LogP contribution >= 0.6 is 24.8 Å². The Kier molecular flexibility index (Phi) is 6.77. The number of aliphatic hydroxyl groups is 1. The highest BCUT2D eigenvalue weighted by atomic mass is 35.5. The number of rotatable bonds is 3. The zero-order valence-corrected chi connectivity index (χ0v) is 17.4. The Balaban J connectivity index is 0.00000105. The number of piperidine rings is 2. The van der Waals surface area contributed by atoms with Gasteiger partial charge in [0.2, 0.25) is 0 Å². The monoisotopic (exact) mass is 414 g/mol. The summed E-state index contributed by atoms with van der Waals surface area (Å²) < 4.78 is 6.62. The van der Waals surface area contributed by atoms with E-state index in [1.807, 2.05) is 6.07 Å². The minimum absolute atomic E-state index is 0. The molecule has 5 atom stereocenters. The average Bonchev–Trinajstić information content (AvgIpc) is 3.04. The van der Waals surface area contributed by atoms with Crippen LogP contribution in [0.3, 0.4) is 0 Å². The second-order valence-electron chi connectivity index (χ2n) is 8.74. The zero-order chi connectivity index (χ0) is 16.9. The number of likely N-dealkylation sites (tertiary alicyclic amines) is 1. The molecule has 1 aliphatic carbocycles. The number of nitrogens with zero attached hydrogens (tertiary/aromatic N) is 1. The molecule has 1 aromatic rings. The predicted molar refractivity (Wildman–Crippen MR) is 112 cm³/mol.